The SMILES string of the molecule is NNc1ncc(Cl)c(NC2CC3CCC2O3)n1. The van der Waals surface area contributed by atoms with E-state index < -0.39 is 0 Å². The highest BCUT2D eigenvalue weighted by Crippen LogP contribution is 2.36. The topological polar surface area (TPSA) is 85.1 Å². The Morgan fingerprint density at radius 3 is 3.00 bits per heavy atom. The standard InChI is InChI=1S/C10H14ClN5O/c11-6-4-13-10(16-12)15-9(6)14-7-3-5-1-2-8(7)17-5/h4-5,7-8H,1-3,12H2,(H2,13,14,15,16). The number of ether oxygens (including phenoxy) is 1. The Bertz CT molecular complexity index is 429. The molecule has 0 amide bonds. The number of rotatable bonds is 3. The molecule has 6 nitrogen and oxygen atoms in total. The normalized spacial score (nSPS) is 30.6. The van der Waals surface area contributed by atoms with Crippen molar-refractivity contribution < 1.29 is 4.74 Å². The lowest BCUT2D eigenvalue weighted by Crippen LogP contribution is -2.31. The van der Waals surface area contributed by atoms with Crippen molar-refractivity contribution in [2.45, 2.75) is 37.5 Å². The summed E-state index contributed by atoms with van der Waals surface area (Å²) < 4.78 is 5.76. The molecule has 0 spiro atoms. The van der Waals surface area contributed by atoms with Crippen LogP contribution in [0.25, 0.3) is 0 Å². The number of nitrogens with zero attached hydrogens (tertiary/aromatic N) is 2. The second-order valence-corrected chi connectivity index (χ2v) is 4.80. The Kier molecular flexibility index (Phi) is 2.78. The minimum Gasteiger partial charge on any atom is -0.373 e. The van der Waals surface area contributed by atoms with Crippen LogP contribution < -0.4 is 16.6 Å². The van der Waals surface area contributed by atoms with E-state index >= 15 is 0 Å². The van der Waals surface area contributed by atoms with Gasteiger partial charge in [0.2, 0.25) is 5.95 Å². The van der Waals surface area contributed by atoms with Gasteiger partial charge in [0.05, 0.1) is 24.4 Å². The highest BCUT2D eigenvalue weighted by atomic mass is 35.5. The summed E-state index contributed by atoms with van der Waals surface area (Å²) in [5, 5.41) is 3.80. The first kappa shape index (κ1) is 11.0. The minimum absolute atomic E-state index is 0.278. The van der Waals surface area contributed by atoms with Gasteiger partial charge in [0, 0.05) is 0 Å². The van der Waals surface area contributed by atoms with Gasteiger partial charge in [-0.15, -0.1) is 0 Å². The number of nitrogens with one attached hydrogen (secondary N) is 2. The molecule has 3 atom stereocenters. The molecule has 0 aromatic carbocycles. The summed E-state index contributed by atoms with van der Waals surface area (Å²) in [7, 11) is 0. The number of hydrogen-bond donors (Lipinski definition) is 3. The number of aromatic nitrogens is 2. The third kappa shape index (κ3) is 2.03. The van der Waals surface area contributed by atoms with E-state index in [1.807, 2.05) is 0 Å². The number of hydrogen-bond acceptors (Lipinski definition) is 6. The van der Waals surface area contributed by atoms with Gasteiger partial charge in [0.1, 0.15) is 5.02 Å². The van der Waals surface area contributed by atoms with Crippen molar-refractivity contribution in [2.24, 2.45) is 5.84 Å². The van der Waals surface area contributed by atoms with E-state index in [0.29, 0.717) is 22.9 Å². The molecule has 3 unspecified atom stereocenters. The summed E-state index contributed by atoms with van der Waals surface area (Å²) in [6.07, 6.45) is 5.48. The average Bonchev–Trinajstić information content (AvgIpc) is 2.94. The summed E-state index contributed by atoms with van der Waals surface area (Å²) in [5.74, 6) is 6.22. The van der Waals surface area contributed by atoms with Crippen LogP contribution in [0.4, 0.5) is 11.8 Å². The number of fused-ring (bicyclic) bond motifs is 2. The molecule has 1 aromatic heterocycles. The maximum atomic E-state index is 6.04. The predicted octanol–water partition coefficient (Wildman–Crippen LogP) is 1.15. The molecular formula is C10H14ClN5O. The fraction of sp³-hybridized carbons (Fsp3) is 0.600. The molecule has 7 heteroatoms. The lowest BCUT2D eigenvalue weighted by molar-refractivity contribution is 0.102. The van der Waals surface area contributed by atoms with Crippen molar-refractivity contribution in [3.05, 3.63) is 11.2 Å². The van der Waals surface area contributed by atoms with Gasteiger partial charge >= 0.3 is 0 Å². The van der Waals surface area contributed by atoms with Crippen LogP contribution in [0.2, 0.25) is 5.02 Å². The van der Waals surface area contributed by atoms with Crippen LogP contribution in [-0.4, -0.2) is 28.2 Å². The average molecular weight is 256 g/mol. The fourth-order valence-electron chi connectivity index (χ4n) is 2.50. The van der Waals surface area contributed by atoms with E-state index in [2.05, 4.69) is 20.7 Å². The van der Waals surface area contributed by atoms with Crippen molar-refractivity contribution in [2.75, 3.05) is 10.7 Å². The van der Waals surface area contributed by atoms with Crippen LogP contribution >= 0.6 is 11.6 Å². The quantitative estimate of drug-likeness (QED) is 0.555. The molecule has 0 saturated carbocycles. The molecule has 2 fully saturated rings. The maximum Gasteiger partial charge on any atom is 0.239 e. The van der Waals surface area contributed by atoms with Gasteiger partial charge < -0.3 is 10.1 Å². The zero-order chi connectivity index (χ0) is 11.8. The lowest BCUT2D eigenvalue weighted by atomic mass is 9.95. The van der Waals surface area contributed by atoms with Crippen molar-refractivity contribution in [1.29, 1.82) is 0 Å². The zero-order valence-electron chi connectivity index (χ0n) is 9.19. The molecule has 2 aliphatic heterocycles. The largest absolute Gasteiger partial charge is 0.373 e. The molecule has 0 radical (unpaired) electrons. The highest BCUT2D eigenvalue weighted by Gasteiger charge is 2.41. The lowest BCUT2D eigenvalue weighted by Gasteiger charge is -2.21. The molecule has 3 heterocycles. The summed E-state index contributed by atoms with van der Waals surface area (Å²) in [6, 6.07) is 0.284. The Balaban J connectivity index is 1.76. The van der Waals surface area contributed by atoms with Crippen LogP contribution in [0, 0.1) is 0 Å². The molecule has 2 aliphatic rings. The van der Waals surface area contributed by atoms with Gasteiger partial charge in [-0.1, -0.05) is 11.6 Å². The van der Waals surface area contributed by atoms with Crippen LogP contribution in [0.3, 0.4) is 0 Å². The number of anilines is 2. The Morgan fingerprint density at radius 2 is 2.35 bits per heavy atom. The van der Waals surface area contributed by atoms with E-state index in [1.54, 1.807) is 0 Å². The Morgan fingerprint density at radius 1 is 1.47 bits per heavy atom. The van der Waals surface area contributed by atoms with Gasteiger partial charge in [-0.2, -0.15) is 4.98 Å². The molecule has 4 N–H and O–H groups in total. The molecule has 92 valence electrons. The summed E-state index contributed by atoms with van der Waals surface area (Å²) in [6.45, 7) is 0. The number of hydrazine groups is 1. The smallest absolute Gasteiger partial charge is 0.239 e. The second kappa shape index (κ2) is 4.29. The molecule has 2 bridgehead atoms. The van der Waals surface area contributed by atoms with Crippen molar-refractivity contribution in [3.63, 3.8) is 0 Å². The first-order chi connectivity index (χ1) is 8.26. The first-order valence-corrected chi connectivity index (χ1v) is 6.05. The predicted molar refractivity (Wildman–Crippen MR) is 64.8 cm³/mol. The molecule has 17 heavy (non-hydrogen) atoms. The number of nitrogens with two attached hydrogens (primary N) is 1. The molecular weight excluding hydrogens is 242 g/mol. The number of nitrogen functional groups attached to an aromatic ring is 1. The van der Waals surface area contributed by atoms with Crippen LogP contribution in [0.15, 0.2) is 6.20 Å². The second-order valence-electron chi connectivity index (χ2n) is 4.39. The van der Waals surface area contributed by atoms with E-state index in [9.17, 15) is 0 Å². The molecule has 1 aromatic rings. The molecule has 0 aliphatic carbocycles. The van der Waals surface area contributed by atoms with Crippen molar-refractivity contribution in [1.82, 2.24) is 9.97 Å². The summed E-state index contributed by atoms with van der Waals surface area (Å²) >= 11 is 6.04. The highest BCUT2D eigenvalue weighted by molar-refractivity contribution is 6.32. The molecule has 3 rings (SSSR count). The van der Waals surface area contributed by atoms with Gasteiger partial charge in [0.25, 0.3) is 0 Å². The summed E-state index contributed by atoms with van der Waals surface area (Å²) in [5.41, 5.74) is 2.40. The Hall–Kier alpha value is -1.11. The monoisotopic (exact) mass is 255 g/mol. The van der Waals surface area contributed by atoms with Crippen LogP contribution in [0.5, 0.6) is 0 Å². The fourth-order valence-corrected chi connectivity index (χ4v) is 2.65. The van der Waals surface area contributed by atoms with E-state index in [1.165, 1.54) is 6.20 Å². The number of halogens is 1. The van der Waals surface area contributed by atoms with Crippen LogP contribution in [-0.2, 0) is 4.74 Å². The third-order valence-corrected chi connectivity index (χ3v) is 3.58. The third-order valence-electron chi connectivity index (χ3n) is 3.30. The van der Waals surface area contributed by atoms with Gasteiger partial charge in [0.15, 0.2) is 5.82 Å². The zero-order valence-corrected chi connectivity index (χ0v) is 9.94. The van der Waals surface area contributed by atoms with Crippen LogP contribution in [0.1, 0.15) is 19.3 Å². The maximum absolute atomic E-state index is 6.04. The van der Waals surface area contributed by atoms with Crippen molar-refractivity contribution in [3.8, 4) is 0 Å². The van der Waals surface area contributed by atoms with Gasteiger partial charge in [-0.25, -0.2) is 10.8 Å². The first-order valence-electron chi connectivity index (χ1n) is 5.67. The minimum atomic E-state index is 0.278. The Labute approximate surface area is 104 Å². The van der Waals surface area contributed by atoms with Crippen molar-refractivity contribution >= 4 is 23.4 Å². The van der Waals surface area contributed by atoms with Gasteiger partial charge in [-0.3, -0.25) is 5.43 Å². The summed E-state index contributed by atoms with van der Waals surface area (Å²) in [4.78, 5) is 8.12. The van der Waals surface area contributed by atoms with E-state index in [0.717, 1.165) is 19.3 Å². The molecule has 2 saturated heterocycles. The van der Waals surface area contributed by atoms with Gasteiger partial charge in [-0.05, 0) is 19.3 Å². The van der Waals surface area contributed by atoms with E-state index in [4.69, 9.17) is 22.2 Å². The van der Waals surface area contributed by atoms with E-state index in [-0.39, 0.29) is 12.1 Å².